The molecule has 0 bridgehead atoms. The molecule has 0 aliphatic heterocycles. The second-order valence-corrected chi connectivity index (χ2v) is 7.29. The summed E-state index contributed by atoms with van der Waals surface area (Å²) in [6, 6.07) is 18.3. The van der Waals surface area contributed by atoms with Gasteiger partial charge in [0, 0.05) is 21.8 Å². The number of halogens is 1. The molecule has 1 amide bonds. The number of carbonyl (C=O) groups is 3. The van der Waals surface area contributed by atoms with Gasteiger partial charge in [0.15, 0.2) is 6.61 Å². The average Bonchev–Trinajstić information content (AvgIpc) is 2.74. The van der Waals surface area contributed by atoms with Crippen LogP contribution >= 0.6 is 11.6 Å². The summed E-state index contributed by atoms with van der Waals surface area (Å²) in [5.74, 6) is -1.15. The van der Waals surface area contributed by atoms with Crippen molar-refractivity contribution in [3.63, 3.8) is 0 Å². The first-order valence-electron chi connectivity index (χ1n) is 9.28. The Morgan fingerprint density at radius 2 is 1.50 bits per heavy atom. The molecule has 0 heterocycles. The van der Waals surface area contributed by atoms with Gasteiger partial charge in [-0.1, -0.05) is 29.3 Å². The lowest BCUT2D eigenvalue weighted by molar-refractivity contribution is 0.0474. The second kappa shape index (κ2) is 9.37. The number of benzene rings is 3. The minimum atomic E-state index is -0.607. The number of hydrogen-bond acceptors (Lipinski definition) is 4. The Morgan fingerprint density at radius 3 is 2.17 bits per heavy atom. The van der Waals surface area contributed by atoms with Gasteiger partial charge in [-0.15, -0.1) is 0 Å². The third kappa shape index (κ3) is 5.33. The summed E-state index contributed by atoms with van der Waals surface area (Å²) in [6.45, 7) is 3.40. The summed E-state index contributed by atoms with van der Waals surface area (Å²) in [6.07, 6.45) is 0. The van der Waals surface area contributed by atoms with E-state index in [4.69, 9.17) is 16.3 Å². The molecular formula is C24H20ClNO4. The maximum atomic E-state index is 12.4. The van der Waals surface area contributed by atoms with Gasteiger partial charge in [-0.25, -0.2) is 4.79 Å². The molecule has 0 atom stereocenters. The van der Waals surface area contributed by atoms with Crippen LogP contribution in [0.1, 0.15) is 42.2 Å². The minimum Gasteiger partial charge on any atom is -0.454 e. The van der Waals surface area contributed by atoms with Gasteiger partial charge >= 0.3 is 5.97 Å². The number of ether oxygens (including phenoxy) is 1. The number of esters is 1. The fourth-order valence-electron chi connectivity index (χ4n) is 2.82. The zero-order valence-corrected chi connectivity index (χ0v) is 17.3. The number of Topliss-reactive ketones (excluding diaryl/α,β-unsaturated/α-hetero) is 1. The molecule has 6 heteroatoms. The zero-order chi connectivity index (χ0) is 21.7. The quantitative estimate of drug-likeness (QED) is 0.436. The van der Waals surface area contributed by atoms with E-state index in [0.29, 0.717) is 21.8 Å². The van der Waals surface area contributed by atoms with Gasteiger partial charge in [-0.3, -0.25) is 9.59 Å². The predicted octanol–water partition coefficient (Wildman–Crippen LogP) is 5.25. The Labute approximate surface area is 179 Å². The molecule has 5 nitrogen and oxygen atoms in total. The van der Waals surface area contributed by atoms with Gasteiger partial charge < -0.3 is 10.1 Å². The van der Waals surface area contributed by atoms with Gasteiger partial charge in [0.2, 0.25) is 5.78 Å². The fourth-order valence-corrected chi connectivity index (χ4v) is 2.95. The molecule has 3 aromatic carbocycles. The molecule has 0 aliphatic rings. The molecule has 0 aliphatic carbocycles. The van der Waals surface area contributed by atoms with Gasteiger partial charge in [-0.2, -0.15) is 0 Å². The molecule has 1 N–H and O–H groups in total. The van der Waals surface area contributed by atoms with Crippen LogP contribution in [-0.4, -0.2) is 24.3 Å². The van der Waals surface area contributed by atoms with Crippen molar-refractivity contribution in [1.82, 2.24) is 0 Å². The van der Waals surface area contributed by atoms with Crippen LogP contribution in [-0.2, 0) is 4.74 Å². The van der Waals surface area contributed by atoms with Gasteiger partial charge in [0.25, 0.3) is 5.91 Å². The van der Waals surface area contributed by atoms with E-state index in [1.165, 1.54) is 12.1 Å². The van der Waals surface area contributed by atoms with Crippen molar-refractivity contribution in [2.75, 3.05) is 11.9 Å². The topological polar surface area (TPSA) is 72.5 Å². The molecule has 3 aromatic rings. The van der Waals surface area contributed by atoms with Crippen molar-refractivity contribution in [2.45, 2.75) is 13.8 Å². The SMILES string of the molecule is Cc1ccc(C)c(C(=O)COC(=O)c2ccc(NC(=O)c3ccc(Cl)cc3)cc2)c1. The lowest BCUT2D eigenvalue weighted by atomic mass is 10.0. The number of hydrogen-bond donors (Lipinski definition) is 1. The first kappa shape index (κ1) is 21.3. The van der Waals surface area contributed by atoms with Crippen LogP contribution < -0.4 is 5.32 Å². The molecule has 3 rings (SSSR count). The van der Waals surface area contributed by atoms with Crippen molar-refractivity contribution in [2.24, 2.45) is 0 Å². The summed E-state index contributed by atoms with van der Waals surface area (Å²) in [4.78, 5) is 36.8. The molecule has 0 unspecified atom stereocenters. The van der Waals surface area contributed by atoms with Crippen LogP contribution in [0.2, 0.25) is 5.02 Å². The van der Waals surface area contributed by atoms with Crippen LogP contribution in [0.3, 0.4) is 0 Å². The van der Waals surface area contributed by atoms with Crippen LogP contribution in [0.4, 0.5) is 5.69 Å². The summed E-state index contributed by atoms with van der Waals surface area (Å²) < 4.78 is 5.15. The second-order valence-electron chi connectivity index (χ2n) is 6.86. The first-order valence-corrected chi connectivity index (χ1v) is 9.66. The smallest absolute Gasteiger partial charge is 0.338 e. The van der Waals surface area contributed by atoms with E-state index in [1.807, 2.05) is 26.0 Å². The first-order chi connectivity index (χ1) is 14.3. The van der Waals surface area contributed by atoms with E-state index >= 15 is 0 Å². The number of nitrogens with one attached hydrogen (secondary N) is 1. The molecule has 0 fully saturated rings. The van der Waals surface area contributed by atoms with Crippen molar-refractivity contribution >= 4 is 34.9 Å². The van der Waals surface area contributed by atoms with Gasteiger partial charge in [-0.05, 0) is 74.0 Å². The average molecular weight is 422 g/mol. The largest absolute Gasteiger partial charge is 0.454 e. The number of carbonyl (C=O) groups excluding carboxylic acids is 3. The van der Waals surface area contributed by atoms with Crippen LogP contribution in [0, 0.1) is 13.8 Å². The Kier molecular flexibility index (Phi) is 6.65. The van der Waals surface area contributed by atoms with Crippen molar-refractivity contribution in [3.05, 3.63) is 99.6 Å². The Morgan fingerprint density at radius 1 is 0.867 bits per heavy atom. The Balaban J connectivity index is 1.58. The summed E-state index contributed by atoms with van der Waals surface area (Å²) in [5, 5.41) is 3.29. The molecule has 0 spiro atoms. The molecule has 30 heavy (non-hydrogen) atoms. The molecular weight excluding hydrogens is 402 g/mol. The highest BCUT2D eigenvalue weighted by Gasteiger charge is 2.14. The van der Waals surface area contributed by atoms with Crippen LogP contribution in [0.25, 0.3) is 0 Å². The number of aryl methyl sites for hydroxylation is 2. The highest BCUT2D eigenvalue weighted by Crippen LogP contribution is 2.15. The van der Waals surface area contributed by atoms with Gasteiger partial charge in [0.05, 0.1) is 5.56 Å². The van der Waals surface area contributed by atoms with Crippen LogP contribution in [0.15, 0.2) is 66.7 Å². The lowest BCUT2D eigenvalue weighted by Crippen LogP contribution is -2.15. The zero-order valence-electron chi connectivity index (χ0n) is 16.6. The van der Waals surface area contributed by atoms with Gasteiger partial charge in [0.1, 0.15) is 0 Å². The lowest BCUT2D eigenvalue weighted by Gasteiger charge is -2.09. The van der Waals surface area contributed by atoms with Crippen molar-refractivity contribution in [1.29, 1.82) is 0 Å². The fraction of sp³-hybridized carbons (Fsp3) is 0.125. The molecule has 0 saturated carbocycles. The third-order valence-corrected chi connectivity index (χ3v) is 4.76. The highest BCUT2D eigenvalue weighted by molar-refractivity contribution is 6.30. The van der Waals surface area contributed by atoms with E-state index in [-0.39, 0.29) is 23.9 Å². The van der Waals surface area contributed by atoms with E-state index < -0.39 is 5.97 Å². The predicted molar refractivity (Wildman–Crippen MR) is 116 cm³/mol. The Hall–Kier alpha value is -3.44. The van der Waals surface area contributed by atoms with Crippen molar-refractivity contribution < 1.29 is 19.1 Å². The standard InChI is InChI=1S/C24H20ClNO4/c1-15-3-4-16(2)21(13-15)22(27)14-30-24(29)18-7-11-20(12-8-18)26-23(28)17-5-9-19(25)10-6-17/h3-13H,14H2,1-2H3,(H,26,28). The molecule has 0 aromatic heterocycles. The van der Waals surface area contributed by atoms with E-state index in [2.05, 4.69) is 5.32 Å². The summed E-state index contributed by atoms with van der Waals surface area (Å²) in [5.41, 5.74) is 3.62. The summed E-state index contributed by atoms with van der Waals surface area (Å²) >= 11 is 5.82. The molecule has 152 valence electrons. The normalized spacial score (nSPS) is 10.4. The number of rotatable bonds is 6. The van der Waals surface area contributed by atoms with E-state index in [9.17, 15) is 14.4 Å². The number of anilines is 1. The minimum absolute atomic E-state index is 0.253. The maximum Gasteiger partial charge on any atom is 0.338 e. The molecule has 0 saturated heterocycles. The van der Waals surface area contributed by atoms with E-state index in [0.717, 1.165) is 11.1 Å². The third-order valence-electron chi connectivity index (χ3n) is 4.51. The number of amides is 1. The highest BCUT2D eigenvalue weighted by atomic mass is 35.5. The van der Waals surface area contributed by atoms with Crippen LogP contribution in [0.5, 0.6) is 0 Å². The monoisotopic (exact) mass is 421 g/mol. The Bertz CT molecular complexity index is 1090. The van der Waals surface area contributed by atoms with Crippen molar-refractivity contribution in [3.8, 4) is 0 Å². The van der Waals surface area contributed by atoms with E-state index in [1.54, 1.807) is 42.5 Å². The summed E-state index contributed by atoms with van der Waals surface area (Å²) in [7, 11) is 0. The maximum absolute atomic E-state index is 12.4. The molecule has 0 radical (unpaired) electrons. The number of ketones is 1.